The summed E-state index contributed by atoms with van der Waals surface area (Å²) in [6.45, 7) is 6.28. The van der Waals surface area contributed by atoms with E-state index in [1.165, 1.54) is 0 Å². The Kier molecular flexibility index (Phi) is 5.77. The Hall–Kier alpha value is -4.47. The van der Waals surface area contributed by atoms with Gasteiger partial charge in [-0.15, -0.1) is 5.10 Å². The molecule has 0 saturated heterocycles. The molecule has 178 valence electrons. The maximum absolute atomic E-state index is 5.46. The van der Waals surface area contributed by atoms with Gasteiger partial charge in [0.1, 0.15) is 12.1 Å². The number of methoxy groups -OCH3 is 2. The predicted octanol–water partition coefficient (Wildman–Crippen LogP) is 3.96. The van der Waals surface area contributed by atoms with Gasteiger partial charge in [-0.1, -0.05) is 5.16 Å². The molecule has 0 atom stereocenters. The first-order chi connectivity index (χ1) is 17.0. The SMILES string of the molecule is COc1ccc(/C=N/OCc2nc3c4c(C)c(C)n(-c5cc(C)ccn5)c4ncn3n2)cc1OC. The van der Waals surface area contributed by atoms with Gasteiger partial charge < -0.3 is 14.3 Å². The van der Waals surface area contributed by atoms with E-state index in [-0.39, 0.29) is 6.61 Å². The van der Waals surface area contributed by atoms with Crippen LogP contribution in [0.5, 0.6) is 11.5 Å². The molecule has 5 aromatic rings. The molecule has 0 amide bonds. The number of pyridine rings is 1. The summed E-state index contributed by atoms with van der Waals surface area (Å²) >= 11 is 0. The van der Waals surface area contributed by atoms with Crippen molar-refractivity contribution in [1.29, 1.82) is 0 Å². The van der Waals surface area contributed by atoms with Gasteiger partial charge >= 0.3 is 0 Å². The zero-order chi connectivity index (χ0) is 24.5. The number of aromatic nitrogens is 6. The van der Waals surface area contributed by atoms with Crippen molar-refractivity contribution in [3.63, 3.8) is 0 Å². The second kappa shape index (κ2) is 9.05. The van der Waals surface area contributed by atoms with Crippen molar-refractivity contribution in [3.8, 4) is 17.3 Å². The Balaban J connectivity index is 1.42. The zero-order valence-electron chi connectivity index (χ0n) is 20.2. The van der Waals surface area contributed by atoms with Gasteiger partial charge in [0.05, 0.1) is 25.8 Å². The standard InChI is InChI=1S/C25H25N7O3/c1-15-8-9-26-22(10-15)32-17(3)16(2)23-24(32)27-14-31-25(23)29-21(30-31)13-35-28-12-18-6-7-19(33-4)20(11-18)34-5/h6-12,14H,13H2,1-5H3/b28-12+. The molecule has 35 heavy (non-hydrogen) atoms. The number of nitrogens with zero attached hydrogens (tertiary/aromatic N) is 7. The van der Waals surface area contributed by atoms with Gasteiger partial charge in [0, 0.05) is 17.5 Å². The van der Waals surface area contributed by atoms with E-state index in [4.69, 9.17) is 19.3 Å². The third-order valence-electron chi connectivity index (χ3n) is 5.88. The van der Waals surface area contributed by atoms with E-state index in [0.717, 1.165) is 39.2 Å². The van der Waals surface area contributed by atoms with E-state index in [2.05, 4.69) is 38.6 Å². The predicted molar refractivity (Wildman–Crippen MR) is 132 cm³/mol. The summed E-state index contributed by atoms with van der Waals surface area (Å²) in [5.41, 5.74) is 5.58. The lowest BCUT2D eigenvalue weighted by Gasteiger charge is -2.07. The lowest BCUT2D eigenvalue weighted by atomic mass is 10.2. The highest BCUT2D eigenvalue weighted by atomic mass is 16.6. The first-order valence-electron chi connectivity index (χ1n) is 11.0. The first-order valence-corrected chi connectivity index (χ1v) is 11.0. The molecule has 5 rings (SSSR count). The minimum atomic E-state index is 0.116. The van der Waals surface area contributed by atoms with Gasteiger partial charge in [0.15, 0.2) is 35.2 Å². The third-order valence-corrected chi connectivity index (χ3v) is 5.88. The molecule has 1 aromatic carbocycles. The second-order valence-electron chi connectivity index (χ2n) is 8.10. The van der Waals surface area contributed by atoms with Crippen molar-refractivity contribution < 1.29 is 14.3 Å². The van der Waals surface area contributed by atoms with Gasteiger partial charge in [-0.2, -0.15) is 0 Å². The molecule has 10 nitrogen and oxygen atoms in total. The second-order valence-corrected chi connectivity index (χ2v) is 8.10. The molecule has 0 N–H and O–H groups in total. The normalized spacial score (nSPS) is 11.6. The Morgan fingerprint density at radius 3 is 2.57 bits per heavy atom. The fraction of sp³-hybridized carbons (Fsp3) is 0.240. The number of hydrogen-bond acceptors (Lipinski definition) is 8. The van der Waals surface area contributed by atoms with E-state index in [9.17, 15) is 0 Å². The minimum absolute atomic E-state index is 0.116. The van der Waals surface area contributed by atoms with Gasteiger partial charge in [-0.25, -0.2) is 19.5 Å². The van der Waals surface area contributed by atoms with Crippen LogP contribution < -0.4 is 9.47 Å². The monoisotopic (exact) mass is 471 g/mol. The topological polar surface area (TPSA) is 101 Å². The lowest BCUT2D eigenvalue weighted by molar-refractivity contribution is 0.126. The van der Waals surface area contributed by atoms with E-state index >= 15 is 0 Å². The van der Waals surface area contributed by atoms with Crippen LogP contribution in [0, 0.1) is 20.8 Å². The number of fused-ring (bicyclic) bond motifs is 3. The fourth-order valence-corrected chi connectivity index (χ4v) is 4.02. The molecule has 0 fully saturated rings. The van der Waals surface area contributed by atoms with Crippen molar-refractivity contribution in [2.24, 2.45) is 5.16 Å². The van der Waals surface area contributed by atoms with Crippen LogP contribution in [0.25, 0.3) is 22.5 Å². The Labute approximate surface area is 201 Å². The molecule has 4 aromatic heterocycles. The number of benzene rings is 1. The number of rotatable bonds is 7. The number of ether oxygens (including phenoxy) is 2. The summed E-state index contributed by atoms with van der Waals surface area (Å²) in [5.74, 6) is 2.60. The summed E-state index contributed by atoms with van der Waals surface area (Å²) in [4.78, 5) is 19.4. The summed E-state index contributed by atoms with van der Waals surface area (Å²) in [7, 11) is 3.18. The highest BCUT2D eigenvalue weighted by Gasteiger charge is 2.19. The number of aryl methyl sites for hydroxylation is 2. The Morgan fingerprint density at radius 2 is 1.80 bits per heavy atom. The zero-order valence-corrected chi connectivity index (χ0v) is 20.2. The van der Waals surface area contributed by atoms with Crippen LogP contribution >= 0.6 is 0 Å². The molecular weight excluding hydrogens is 446 g/mol. The van der Waals surface area contributed by atoms with Gasteiger partial charge in [-0.05, 0) is 62.2 Å². The van der Waals surface area contributed by atoms with Crippen LogP contribution in [0.15, 0.2) is 48.0 Å². The van der Waals surface area contributed by atoms with Crippen LogP contribution in [-0.4, -0.2) is 49.6 Å². The van der Waals surface area contributed by atoms with Crippen LogP contribution in [0.3, 0.4) is 0 Å². The number of hydrogen-bond donors (Lipinski definition) is 0. The molecule has 0 radical (unpaired) electrons. The lowest BCUT2D eigenvalue weighted by Crippen LogP contribution is -2.01. The maximum atomic E-state index is 5.46. The highest BCUT2D eigenvalue weighted by molar-refractivity contribution is 5.94. The fourth-order valence-electron chi connectivity index (χ4n) is 4.02. The largest absolute Gasteiger partial charge is 0.493 e. The van der Waals surface area contributed by atoms with Crippen molar-refractivity contribution >= 4 is 22.9 Å². The van der Waals surface area contributed by atoms with Crippen molar-refractivity contribution in [2.75, 3.05) is 14.2 Å². The molecule has 4 heterocycles. The third kappa shape index (κ3) is 4.03. The summed E-state index contributed by atoms with van der Waals surface area (Å²) < 4.78 is 14.3. The van der Waals surface area contributed by atoms with Crippen LogP contribution in [0.1, 0.15) is 28.2 Å². The van der Waals surface area contributed by atoms with Crippen molar-refractivity contribution in [3.05, 3.63) is 71.1 Å². The minimum Gasteiger partial charge on any atom is -0.493 e. The molecular formula is C25H25N7O3. The van der Waals surface area contributed by atoms with Gasteiger partial charge in [0.2, 0.25) is 0 Å². The van der Waals surface area contributed by atoms with Crippen molar-refractivity contribution in [2.45, 2.75) is 27.4 Å². The van der Waals surface area contributed by atoms with Crippen LogP contribution in [0.4, 0.5) is 0 Å². The molecule has 0 saturated carbocycles. The van der Waals surface area contributed by atoms with Crippen LogP contribution in [-0.2, 0) is 11.4 Å². The Bertz CT molecular complexity index is 1570. The summed E-state index contributed by atoms with van der Waals surface area (Å²) in [6.07, 6.45) is 5.06. The quantitative estimate of drug-likeness (QED) is 0.262. The molecule has 0 aliphatic heterocycles. The summed E-state index contributed by atoms with van der Waals surface area (Å²) in [6, 6.07) is 9.50. The van der Waals surface area contributed by atoms with E-state index in [1.54, 1.807) is 37.5 Å². The van der Waals surface area contributed by atoms with E-state index < -0.39 is 0 Å². The highest BCUT2D eigenvalue weighted by Crippen LogP contribution is 2.29. The molecule has 0 bridgehead atoms. The average molecular weight is 472 g/mol. The molecule has 0 spiro atoms. The number of oxime groups is 1. The molecule has 0 aliphatic rings. The molecule has 0 aliphatic carbocycles. The van der Waals surface area contributed by atoms with Gasteiger partial charge in [-0.3, -0.25) is 4.57 Å². The van der Waals surface area contributed by atoms with Gasteiger partial charge in [0.25, 0.3) is 0 Å². The van der Waals surface area contributed by atoms with E-state index in [0.29, 0.717) is 23.0 Å². The van der Waals surface area contributed by atoms with E-state index in [1.807, 2.05) is 37.3 Å². The first kappa shape index (κ1) is 22.3. The molecule has 0 unspecified atom stereocenters. The average Bonchev–Trinajstić information content (AvgIpc) is 3.39. The smallest absolute Gasteiger partial charge is 0.192 e. The molecule has 10 heteroatoms. The van der Waals surface area contributed by atoms with Crippen LogP contribution in [0.2, 0.25) is 0 Å². The maximum Gasteiger partial charge on any atom is 0.192 e. The van der Waals surface area contributed by atoms with Crippen molar-refractivity contribution in [1.82, 2.24) is 29.1 Å². The summed E-state index contributed by atoms with van der Waals surface area (Å²) in [5, 5.41) is 9.48. The Morgan fingerprint density at radius 1 is 0.971 bits per heavy atom.